The molecule has 1 aromatic rings. The van der Waals surface area contributed by atoms with E-state index in [9.17, 15) is 9.59 Å². The number of amides is 2. The lowest BCUT2D eigenvalue weighted by Gasteiger charge is -2.35. The number of piperazine rings is 1. The van der Waals surface area contributed by atoms with Crippen LogP contribution in [0.2, 0.25) is 0 Å². The fourth-order valence-corrected chi connectivity index (χ4v) is 4.78. The third kappa shape index (κ3) is 4.46. The van der Waals surface area contributed by atoms with Crippen molar-refractivity contribution in [3.8, 4) is 0 Å². The summed E-state index contributed by atoms with van der Waals surface area (Å²) in [5.41, 5.74) is 1.22. The highest BCUT2D eigenvalue weighted by Crippen LogP contribution is 2.30. The topological polar surface area (TPSA) is 43.9 Å². The number of nitrogens with zero attached hydrogens (tertiary/aromatic N) is 3. The summed E-state index contributed by atoms with van der Waals surface area (Å²) in [5, 5.41) is 0. The Balaban J connectivity index is 1.23. The Kier molecular flexibility index (Phi) is 6.10. The first-order chi connectivity index (χ1) is 13.7. The first-order valence-electron chi connectivity index (χ1n) is 10.7. The molecule has 0 spiro atoms. The summed E-state index contributed by atoms with van der Waals surface area (Å²) in [6.07, 6.45) is 9.42. The molecule has 1 aliphatic carbocycles. The van der Waals surface area contributed by atoms with Crippen LogP contribution < -0.4 is 0 Å². The maximum Gasteiger partial charge on any atom is 0.228 e. The Morgan fingerprint density at radius 1 is 1.04 bits per heavy atom. The number of hydrogen-bond acceptors (Lipinski definition) is 3. The van der Waals surface area contributed by atoms with Gasteiger partial charge in [0, 0.05) is 51.7 Å². The number of carbonyl (C=O) groups excluding carboxylic acids is 2. The van der Waals surface area contributed by atoms with E-state index in [4.69, 9.17) is 0 Å². The van der Waals surface area contributed by atoms with Crippen molar-refractivity contribution in [1.29, 1.82) is 0 Å². The molecular weight excluding hydrogens is 350 g/mol. The lowest BCUT2D eigenvalue weighted by molar-refractivity contribution is -0.137. The van der Waals surface area contributed by atoms with Crippen LogP contribution >= 0.6 is 0 Å². The number of rotatable bonds is 5. The van der Waals surface area contributed by atoms with Crippen LogP contribution in [0, 0.1) is 5.92 Å². The first kappa shape index (κ1) is 19.2. The van der Waals surface area contributed by atoms with Crippen molar-refractivity contribution in [1.82, 2.24) is 14.7 Å². The second-order valence-corrected chi connectivity index (χ2v) is 8.32. The Labute approximate surface area is 168 Å². The van der Waals surface area contributed by atoms with Crippen molar-refractivity contribution in [2.75, 3.05) is 39.3 Å². The molecule has 2 amide bonds. The summed E-state index contributed by atoms with van der Waals surface area (Å²) in [6, 6.07) is 10.7. The van der Waals surface area contributed by atoms with Crippen molar-refractivity contribution in [3.05, 3.63) is 42.0 Å². The minimum absolute atomic E-state index is 0.127. The van der Waals surface area contributed by atoms with Gasteiger partial charge in [0.15, 0.2) is 0 Å². The van der Waals surface area contributed by atoms with E-state index < -0.39 is 0 Å². The highest BCUT2D eigenvalue weighted by Gasteiger charge is 2.40. The van der Waals surface area contributed by atoms with E-state index in [1.54, 1.807) is 0 Å². The first-order valence-corrected chi connectivity index (χ1v) is 10.7. The normalized spacial score (nSPS) is 24.6. The van der Waals surface area contributed by atoms with Gasteiger partial charge in [-0.1, -0.05) is 55.3 Å². The Bertz CT molecular complexity index is 704. The molecule has 0 bridgehead atoms. The lowest BCUT2D eigenvalue weighted by Crippen LogP contribution is -2.50. The fraction of sp³-hybridized carbons (Fsp3) is 0.565. The second kappa shape index (κ2) is 8.91. The number of carbonyl (C=O) groups is 2. The van der Waals surface area contributed by atoms with E-state index in [1.807, 2.05) is 28.0 Å². The summed E-state index contributed by atoms with van der Waals surface area (Å²) in [7, 11) is 0. The maximum absolute atomic E-state index is 12.9. The zero-order chi connectivity index (χ0) is 19.3. The Morgan fingerprint density at radius 3 is 2.46 bits per heavy atom. The average Bonchev–Trinajstić information content (AvgIpc) is 3.38. The van der Waals surface area contributed by atoms with Crippen LogP contribution in [0.1, 0.15) is 37.7 Å². The third-order valence-corrected chi connectivity index (χ3v) is 6.43. The number of hydrogen-bond donors (Lipinski definition) is 0. The van der Waals surface area contributed by atoms with Gasteiger partial charge in [0.1, 0.15) is 0 Å². The largest absolute Gasteiger partial charge is 0.340 e. The molecule has 5 heteroatoms. The Morgan fingerprint density at radius 2 is 1.75 bits per heavy atom. The molecule has 0 radical (unpaired) electrons. The summed E-state index contributed by atoms with van der Waals surface area (Å²) in [6.45, 7) is 4.89. The lowest BCUT2D eigenvalue weighted by atomic mass is 10.1. The van der Waals surface area contributed by atoms with Crippen LogP contribution in [-0.2, 0) is 9.59 Å². The third-order valence-electron chi connectivity index (χ3n) is 6.43. The van der Waals surface area contributed by atoms with Gasteiger partial charge in [0.2, 0.25) is 11.8 Å². The van der Waals surface area contributed by atoms with E-state index in [-0.39, 0.29) is 17.7 Å². The van der Waals surface area contributed by atoms with Gasteiger partial charge in [0.05, 0.1) is 5.92 Å². The van der Waals surface area contributed by atoms with E-state index in [0.717, 1.165) is 45.6 Å². The molecule has 5 nitrogen and oxygen atoms in total. The SMILES string of the molecule is O=C(C1CC(=O)N(C2CCCC2)C1)N1CCN(CC=Cc2ccccc2)CC1. The van der Waals surface area contributed by atoms with Gasteiger partial charge in [0.25, 0.3) is 0 Å². The average molecular weight is 382 g/mol. The van der Waals surface area contributed by atoms with Crippen LogP contribution in [0.4, 0.5) is 0 Å². The van der Waals surface area contributed by atoms with Gasteiger partial charge in [-0.2, -0.15) is 0 Å². The minimum atomic E-state index is -0.127. The van der Waals surface area contributed by atoms with E-state index in [0.29, 0.717) is 19.0 Å². The number of benzene rings is 1. The van der Waals surface area contributed by atoms with E-state index in [2.05, 4.69) is 29.2 Å². The maximum atomic E-state index is 12.9. The van der Waals surface area contributed by atoms with Gasteiger partial charge in [-0.3, -0.25) is 14.5 Å². The summed E-state index contributed by atoms with van der Waals surface area (Å²) in [4.78, 5) is 31.7. The molecule has 3 fully saturated rings. The van der Waals surface area contributed by atoms with Gasteiger partial charge in [-0.15, -0.1) is 0 Å². The predicted molar refractivity (Wildman–Crippen MR) is 111 cm³/mol. The standard InChI is InChI=1S/C23H31N3O2/c27-22-17-20(18-26(22)21-10-4-5-11-21)23(28)25-15-13-24(14-16-25)12-6-9-19-7-2-1-3-8-19/h1-3,6-9,20-21H,4-5,10-18H2. The molecule has 2 heterocycles. The highest BCUT2D eigenvalue weighted by atomic mass is 16.2. The van der Waals surface area contributed by atoms with Crippen molar-refractivity contribution < 1.29 is 9.59 Å². The highest BCUT2D eigenvalue weighted by molar-refractivity contribution is 5.89. The molecule has 1 aromatic carbocycles. The molecule has 0 N–H and O–H groups in total. The smallest absolute Gasteiger partial charge is 0.228 e. The van der Waals surface area contributed by atoms with Gasteiger partial charge in [-0.25, -0.2) is 0 Å². The van der Waals surface area contributed by atoms with Crippen LogP contribution in [0.25, 0.3) is 6.08 Å². The van der Waals surface area contributed by atoms with Gasteiger partial charge >= 0.3 is 0 Å². The molecule has 1 saturated carbocycles. The predicted octanol–water partition coefficient (Wildman–Crippen LogP) is 2.64. The van der Waals surface area contributed by atoms with Crippen LogP contribution in [-0.4, -0.2) is 71.8 Å². The fourth-order valence-electron chi connectivity index (χ4n) is 4.78. The molecule has 1 unspecified atom stereocenters. The zero-order valence-electron chi connectivity index (χ0n) is 16.6. The number of likely N-dealkylation sites (tertiary alicyclic amines) is 1. The molecule has 28 heavy (non-hydrogen) atoms. The molecular formula is C23H31N3O2. The quantitative estimate of drug-likeness (QED) is 0.788. The van der Waals surface area contributed by atoms with Crippen molar-refractivity contribution >= 4 is 17.9 Å². The van der Waals surface area contributed by atoms with Crippen molar-refractivity contribution in [2.45, 2.75) is 38.1 Å². The summed E-state index contributed by atoms with van der Waals surface area (Å²) < 4.78 is 0. The van der Waals surface area contributed by atoms with Crippen molar-refractivity contribution in [3.63, 3.8) is 0 Å². The molecule has 4 rings (SSSR count). The zero-order valence-corrected chi connectivity index (χ0v) is 16.6. The monoisotopic (exact) mass is 381 g/mol. The summed E-state index contributed by atoms with van der Waals surface area (Å²) in [5.74, 6) is 0.251. The molecule has 150 valence electrons. The van der Waals surface area contributed by atoms with Gasteiger partial charge < -0.3 is 9.80 Å². The Hall–Kier alpha value is -2.14. The molecule has 0 aromatic heterocycles. The van der Waals surface area contributed by atoms with E-state index in [1.165, 1.54) is 18.4 Å². The molecule has 2 aliphatic heterocycles. The van der Waals surface area contributed by atoms with E-state index >= 15 is 0 Å². The molecule has 3 aliphatic rings. The minimum Gasteiger partial charge on any atom is -0.340 e. The summed E-state index contributed by atoms with van der Waals surface area (Å²) >= 11 is 0. The molecule has 1 atom stereocenters. The molecule has 2 saturated heterocycles. The second-order valence-electron chi connectivity index (χ2n) is 8.32. The van der Waals surface area contributed by atoms with Gasteiger partial charge in [-0.05, 0) is 18.4 Å². The van der Waals surface area contributed by atoms with Crippen molar-refractivity contribution in [2.24, 2.45) is 5.92 Å². The van der Waals surface area contributed by atoms with Crippen LogP contribution in [0.3, 0.4) is 0 Å². The van der Waals surface area contributed by atoms with Crippen LogP contribution in [0.15, 0.2) is 36.4 Å². The van der Waals surface area contributed by atoms with Crippen LogP contribution in [0.5, 0.6) is 0 Å².